The lowest BCUT2D eigenvalue weighted by Gasteiger charge is -2.27. The highest BCUT2D eigenvalue weighted by atomic mass is 32.2. The number of benzene rings is 2. The van der Waals surface area contributed by atoms with Gasteiger partial charge in [-0.25, -0.2) is 0 Å². The molecule has 0 saturated carbocycles. The fourth-order valence-electron chi connectivity index (χ4n) is 2.36. The average Bonchev–Trinajstić information content (AvgIpc) is 2.47. The Hall–Kier alpha value is -1.74. The molecule has 21 heavy (non-hydrogen) atoms. The van der Waals surface area contributed by atoms with Crippen molar-refractivity contribution < 1.29 is 4.79 Å². The predicted octanol–water partition coefficient (Wildman–Crippen LogP) is 4.16. The molecule has 2 aromatic rings. The standard InChI is InChI=1S/C18H21NOS/c1-18(2,13-14-9-5-4-6-10-14)19-17(20)15-11-7-8-12-16(15)21-3/h4-12H,13H2,1-3H3,(H,19,20). The van der Waals surface area contributed by atoms with Gasteiger partial charge in [-0.15, -0.1) is 11.8 Å². The van der Waals surface area contributed by atoms with Gasteiger partial charge in [-0.1, -0.05) is 42.5 Å². The third kappa shape index (κ3) is 4.36. The summed E-state index contributed by atoms with van der Waals surface area (Å²) in [6, 6.07) is 17.9. The van der Waals surface area contributed by atoms with Crippen LogP contribution in [-0.4, -0.2) is 17.7 Å². The lowest BCUT2D eigenvalue weighted by atomic mass is 9.94. The van der Waals surface area contributed by atoms with Gasteiger partial charge in [-0.3, -0.25) is 4.79 Å². The zero-order chi connectivity index (χ0) is 15.3. The Morgan fingerprint density at radius 1 is 1.05 bits per heavy atom. The topological polar surface area (TPSA) is 29.1 Å². The van der Waals surface area contributed by atoms with Crippen LogP contribution >= 0.6 is 11.8 Å². The molecule has 0 spiro atoms. The van der Waals surface area contributed by atoms with Gasteiger partial charge in [0.25, 0.3) is 5.91 Å². The van der Waals surface area contributed by atoms with Crippen molar-refractivity contribution in [2.75, 3.05) is 6.26 Å². The molecule has 2 nitrogen and oxygen atoms in total. The van der Waals surface area contributed by atoms with Crippen molar-refractivity contribution in [3.05, 3.63) is 65.7 Å². The molecule has 0 fully saturated rings. The lowest BCUT2D eigenvalue weighted by molar-refractivity contribution is 0.0910. The van der Waals surface area contributed by atoms with E-state index in [-0.39, 0.29) is 11.4 Å². The van der Waals surface area contributed by atoms with Gasteiger partial charge in [0.2, 0.25) is 0 Å². The molecular weight excluding hydrogens is 278 g/mol. The Morgan fingerprint density at radius 2 is 1.67 bits per heavy atom. The molecule has 0 aromatic heterocycles. The van der Waals surface area contributed by atoms with Crippen molar-refractivity contribution in [2.24, 2.45) is 0 Å². The van der Waals surface area contributed by atoms with E-state index >= 15 is 0 Å². The Bertz CT molecular complexity index is 608. The van der Waals surface area contributed by atoms with Gasteiger partial charge in [0, 0.05) is 10.4 Å². The summed E-state index contributed by atoms with van der Waals surface area (Å²) in [5.41, 5.74) is 1.68. The second-order valence-corrected chi connectivity index (χ2v) is 6.55. The van der Waals surface area contributed by atoms with E-state index in [0.717, 1.165) is 16.9 Å². The zero-order valence-electron chi connectivity index (χ0n) is 12.7. The summed E-state index contributed by atoms with van der Waals surface area (Å²) in [5, 5.41) is 3.14. The maximum Gasteiger partial charge on any atom is 0.252 e. The summed E-state index contributed by atoms with van der Waals surface area (Å²) >= 11 is 1.59. The van der Waals surface area contributed by atoms with Crippen LogP contribution < -0.4 is 5.32 Å². The van der Waals surface area contributed by atoms with Crippen molar-refractivity contribution in [1.82, 2.24) is 5.32 Å². The van der Waals surface area contributed by atoms with Gasteiger partial charge in [0.1, 0.15) is 0 Å². The number of amides is 1. The molecule has 3 heteroatoms. The van der Waals surface area contributed by atoms with Crippen LogP contribution in [0.4, 0.5) is 0 Å². The first kappa shape index (κ1) is 15.6. The van der Waals surface area contributed by atoms with Crippen LogP contribution in [-0.2, 0) is 6.42 Å². The molecule has 0 radical (unpaired) electrons. The van der Waals surface area contributed by atoms with E-state index in [1.807, 2.05) is 48.7 Å². The first-order chi connectivity index (χ1) is 10.0. The molecule has 1 N–H and O–H groups in total. The molecular formula is C18H21NOS. The summed E-state index contributed by atoms with van der Waals surface area (Å²) in [6.07, 6.45) is 2.79. The molecule has 110 valence electrons. The molecule has 0 unspecified atom stereocenters. The van der Waals surface area contributed by atoms with Crippen molar-refractivity contribution in [2.45, 2.75) is 30.7 Å². The molecule has 0 bridgehead atoms. The molecule has 0 aliphatic heterocycles. The summed E-state index contributed by atoms with van der Waals surface area (Å²) in [5.74, 6) is -0.0131. The van der Waals surface area contributed by atoms with Gasteiger partial charge in [-0.05, 0) is 44.2 Å². The van der Waals surface area contributed by atoms with Gasteiger partial charge >= 0.3 is 0 Å². The molecule has 1 amide bonds. The predicted molar refractivity (Wildman–Crippen MR) is 89.9 cm³/mol. The minimum atomic E-state index is -0.288. The van der Waals surface area contributed by atoms with E-state index in [9.17, 15) is 4.79 Å². The number of hydrogen-bond donors (Lipinski definition) is 1. The van der Waals surface area contributed by atoms with Gasteiger partial charge < -0.3 is 5.32 Å². The average molecular weight is 299 g/mol. The summed E-state index contributed by atoms with van der Waals surface area (Å²) in [4.78, 5) is 13.5. The van der Waals surface area contributed by atoms with Crippen LogP contribution in [0.3, 0.4) is 0 Å². The van der Waals surface area contributed by atoms with Crippen molar-refractivity contribution in [1.29, 1.82) is 0 Å². The van der Waals surface area contributed by atoms with Crippen molar-refractivity contribution in [3.8, 4) is 0 Å². The second kappa shape index (κ2) is 6.81. The van der Waals surface area contributed by atoms with E-state index < -0.39 is 0 Å². The van der Waals surface area contributed by atoms with E-state index in [1.54, 1.807) is 11.8 Å². The number of rotatable bonds is 5. The minimum absolute atomic E-state index is 0.0131. The van der Waals surface area contributed by atoms with Crippen molar-refractivity contribution >= 4 is 17.7 Å². The molecule has 0 aliphatic carbocycles. The van der Waals surface area contributed by atoms with Crippen molar-refractivity contribution in [3.63, 3.8) is 0 Å². The normalized spacial score (nSPS) is 11.2. The molecule has 0 heterocycles. The highest BCUT2D eigenvalue weighted by Crippen LogP contribution is 2.21. The van der Waals surface area contributed by atoms with E-state index in [0.29, 0.717) is 0 Å². The molecule has 2 aromatic carbocycles. The number of hydrogen-bond acceptors (Lipinski definition) is 2. The second-order valence-electron chi connectivity index (χ2n) is 5.70. The number of thioether (sulfide) groups is 1. The lowest BCUT2D eigenvalue weighted by Crippen LogP contribution is -2.45. The van der Waals surface area contributed by atoms with Gasteiger partial charge in [0.05, 0.1) is 5.56 Å². The first-order valence-electron chi connectivity index (χ1n) is 7.01. The highest BCUT2D eigenvalue weighted by Gasteiger charge is 2.22. The fraction of sp³-hybridized carbons (Fsp3) is 0.278. The van der Waals surface area contributed by atoms with Crippen LogP contribution in [0.5, 0.6) is 0 Å². The Kier molecular flexibility index (Phi) is 5.07. The number of carbonyl (C=O) groups is 1. The Morgan fingerprint density at radius 3 is 2.33 bits per heavy atom. The largest absolute Gasteiger partial charge is 0.347 e. The van der Waals surface area contributed by atoms with Crippen LogP contribution in [0.2, 0.25) is 0 Å². The minimum Gasteiger partial charge on any atom is -0.347 e. The highest BCUT2D eigenvalue weighted by molar-refractivity contribution is 7.98. The summed E-state index contributed by atoms with van der Waals surface area (Å²) < 4.78 is 0. The zero-order valence-corrected chi connectivity index (χ0v) is 13.5. The third-order valence-corrected chi connectivity index (χ3v) is 4.09. The number of nitrogens with one attached hydrogen (secondary N) is 1. The monoisotopic (exact) mass is 299 g/mol. The quantitative estimate of drug-likeness (QED) is 0.840. The van der Waals surface area contributed by atoms with E-state index in [2.05, 4.69) is 31.3 Å². The smallest absolute Gasteiger partial charge is 0.252 e. The first-order valence-corrected chi connectivity index (χ1v) is 8.24. The van der Waals surface area contributed by atoms with Gasteiger partial charge in [0.15, 0.2) is 0 Å². The summed E-state index contributed by atoms with van der Waals surface area (Å²) in [7, 11) is 0. The fourth-order valence-corrected chi connectivity index (χ4v) is 2.95. The Labute approximate surface area is 131 Å². The molecule has 0 aliphatic rings. The van der Waals surface area contributed by atoms with Crippen LogP contribution in [0, 0.1) is 0 Å². The van der Waals surface area contributed by atoms with E-state index in [1.165, 1.54) is 5.56 Å². The van der Waals surface area contributed by atoms with E-state index in [4.69, 9.17) is 0 Å². The van der Waals surface area contributed by atoms with Crippen LogP contribution in [0.15, 0.2) is 59.5 Å². The Balaban J connectivity index is 2.10. The van der Waals surface area contributed by atoms with Crippen LogP contribution in [0.25, 0.3) is 0 Å². The third-order valence-electron chi connectivity index (χ3n) is 3.29. The molecule has 2 rings (SSSR count). The van der Waals surface area contributed by atoms with Crippen LogP contribution in [0.1, 0.15) is 29.8 Å². The number of carbonyl (C=O) groups excluding carboxylic acids is 1. The summed E-state index contributed by atoms with van der Waals surface area (Å²) in [6.45, 7) is 4.11. The van der Waals surface area contributed by atoms with Gasteiger partial charge in [-0.2, -0.15) is 0 Å². The molecule has 0 atom stereocenters. The SMILES string of the molecule is CSc1ccccc1C(=O)NC(C)(C)Cc1ccccc1. The maximum absolute atomic E-state index is 12.5. The molecule has 0 saturated heterocycles. The maximum atomic E-state index is 12.5.